The van der Waals surface area contributed by atoms with Crippen LogP contribution in [0.5, 0.6) is 0 Å². The molecule has 0 radical (unpaired) electrons. The number of hydrogen-bond acceptors (Lipinski definition) is 8. The first-order chi connectivity index (χ1) is 10.7. The molecule has 2 heterocycles. The van der Waals surface area contributed by atoms with E-state index in [0.29, 0.717) is 11.4 Å². The van der Waals surface area contributed by atoms with Crippen molar-refractivity contribution in [3.05, 3.63) is 48.8 Å². The van der Waals surface area contributed by atoms with E-state index in [1.54, 1.807) is 18.5 Å². The highest BCUT2D eigenvalue weighted by molar-refractivity contribution is 5.80. The van der Waals surface area contributed by atoms with E-state index in [9.17, 15) is 0 Å². The second kappa shape index (κ2) is 5.92. The highest BCUT2D eigenvalue weighted by atomic mass is 15.3. The molecule has 0 amide bonds. The molecule has 0 aliphatic heterocycles. The molecule has 2 aromatic heterocycles. The Morgan fingerprint density at radius 3 is 2.18 bits per heavy atom. The smallest absolute Gasteiger partial charge is 0.271 e. The van der Waals surface area contributed by atoms with Gasteiger partial charge in [-0.1, -0.05) is 30.3 Å². The minimum atomic E-state index is 0.0954. The number of nitrogens with two attached hydrogens (primary N) is 2. The van der Waals surface area contributed by atoms with Crippen molar-refractivity contribution < 1.29 is 0 Å². The number of rotatable bonds is 3. The van der Waals surface area contributed by atoms with Crippen LogP contribution in [0.4, 0.5) is 23.4 Å². The second-order valence-electron chi connectivity index (χ2n) is 4.29. The first-order valence-electron chi connectivity index (χ1n) is 6.41. The molecule has 0 fully saturated rings. The number of aromatic nitrogens is 4. The van der Waals surface area contributed by atoms with Crippen LogP contribution in [0, 0.1) is 0 Å². The van der Waals surface area contributed by atoms with Gasteiger partial charge < -0.3 is 11.5 Å². The maximum absolute atomic E-state index is 5.94. The van der Waals surface area contributed by atoms with Crippen molar-refractivity contribution in [2.24, 2.45) is 10.2 Å². The third kappa shape index (κ3) is 2.85. The van der Waals surface area contributed by atoms with Crippen molar-refractivity contribution >= 4 is 23.4 Å². The lowest BCUT2D eigenvalue weighted by Crippen LogP contribution is -2.02. The maximum Gasteiger partial charge on any atom is 0.271 e. The Morgan fingerprint density at radius 1 is 0.773 bits per heavy atom. The Bertz CT molecular complexity index is 802. The van der Waals surface area contributed by atoms with Crippen molar-refractivity contribution in [3.8, 4) is 11.3 Å². The third-order valence-electron chi connectivity index (χ3n) is 2.79. The fourth-order valence-electron chi connectivity index (χ4n) is 1.77. The number of benzene rings is 1. The molecule has 0 atom stereocenters. The monoisotopic (exact) mass is 292 g/mol. The zero-order valence-corrected chi connectivity index (χ0v) is 11.5. The summed E-state index contributed by atoms with van der Waals surface area (Å²) in [5.41, 5.74) is 13.4. The van der Waals surface area contributed by atoms with Gasteiger partial charge in [0.15, 0.2) is 5.82 Å². The summed E-state index contributed by atoms with van der Waals surface area (Å²) < 4.78 is 0. The summed E-state index contributed by atoms with van der Waals surface area (Å²) >= 11 is 0. The molecule has 0 spiro atoms. The Hall–Kier alpha value is -3.42. The SMILES string of the molecule is Nc1nc(N=Nc2ncccn2)nc(-c2ccccc2)c1N. The molecular weight excluding hydrogens is 280 g/mol. The molecule has 3 rings (SSSR count). The van der Waals surface area contributed by atoms with Crippen molar-refractivity contribution in [2.75, 3.05) is 11.5 Å². The van der Waals surface area contributed by atoms with E-state index in [4.69, 9.17) is 11.5 Å². The van der Waals surface area contributed by atoms with E-state index in [2.05, 4.69) is 30.2 Å². The summed E-state index contributed by atoms with van der Waals surface area (Å²) in [7, 11) is 0. The number of azo groups is 1. The highest BCUT2D eigenvalue weighted by Gasteiger charge is 2.11. The summed E-state index contributed by atoms with van der Waals surface area (Å²) in [5, 5.41) is 7.77. The molecule has 0 aliphatic carbocycles. The molecule has 22 heavy (non-hydrogen) atoms. The molecule has 8 nitrogen and oxygen atoms in total. The van der Waals surface area contributed by atoms with Gasteiger partial charge in [-0.15, -0.1) is 10.2 Å². The molecule has 0 saturated carbocycles. The molecule has 4 N–H and O–H groups in total. The van der Waals surface area contributed by atoms with Crippen LogP contribution in [0.3, 0.4) is 0 Å². The van der Waals surface area contributed by atoms with E-state index in [-0.39, 0.29) is 17.7 Å². The van der Waals surface area contributed by atoms with Crippen LogP contribution in [0.25, 0.3) is 11.3 Å². The Labute approximate surface area is 126 Å². The molecule has 0 unspecified atom stereocenters. The molecular formula is C14H12N8. The van der Waals surface area contributed by atoms with Gasteiger partial charge in [-0.05, 0) is 6.07 Å². The van der Waals surface area contributed by atoms with E-state index < -0.39 is 0 Å². The van der Waals surface area contributed by atoms with Gasteiger partial charge in [-0.3, -0.25) is 0 Å². The van der Waals surface area contributed by atoms with Gasteiger partial charge in [0.2, 0.25) is 0 Å². The number of hydrogen-bond donors (Lipinski definition) is 2. The topological polar surface area (TPSA) is 128 Å². The Balaban J connectivity index is 2.00. The largest absolute Gasteiger partial charge is 0.394 e. The van der Waals surface area contributed by atoms with Crippen LogP contribution >= 0.6 is 0 Å². The molecule has 8 heteroatoms. The van der Waals surface area contributed by atoms with Gasteiger partial charge in [0.05, 0.1) is 0 Å². The Morgan fingerprint density at radius 2 is 1.45 bits per heavy atom. The zero-order chi connectivity index (χ0) is 15.4. The van der Waals surface area contributed by atoms with Gasteiger partial charge in [0.25, 0.3) is 11.9 Å². The van der Waals surface area contributed by atoms with E-state index in [1.165, 1.54) is 0 Å². The predicted octanol–water partition coefficient (Wildman–Crippen LogP) is 2.51. The molecule has 108 valence electrons. The van der Waals surface area contributed by atoms with Gasteiger partial charge in [0.1, 0.15) is 11.4 Å². The van der Waals surface area contributed by atoms with E-state index >= 15 is 0 Å². The van der Waals surface area contributed by atoms with Crippen LogP contribution in [0.15, 0.2) is 59.0 Å². The minimum Gasteiger partial charge on any atom is -0.394 e. The summed E-state index contributed by atoms with van der Waals surface area (Å²) in [6, 6.07) is 11.1. The number of anilines is 2. The lowest BCUT2D eigenvalue weighted by molar-refractivity contribution is 1.02. The van der Waals surface area contributed by atoms with Gasteiger partial charge in [0, 0.05) is 18.0 Å². The number of nitrogens with zero attached hydrogens (tertiary/aromatic N) is 6. The Kier molecular flexibility index (Phi) is 3.65. The van der Waals surface area contributed by atoms with Crippen LogP contribution in [-0.2, 0) is 0 Å². The molecule has 1 aromatic carbocycles. The van der Waals surface area contributed by atoms with Gasteiger partial charge in [-0.25, -0.2) is 15.0 Å². The summed E-state index contributed by atoms with van der Waals surface area (Å²) in [5.74, 6) is 0.456. The fourth-order valence-corrected chi connectivity index (χ4v) is 1.77. The van der Waals surface area contributed by atoms with Gasteiger partial charge >= 0.3 is 0 Å². The average molecular weight is 292 g/mol. The number of nitrogen functional groups attached to an aromatic ring is 2. The second-order valence-corrected chi connectivity index (χ2v) is 4.29. The van der Waals surface area contributed by atoms with Crippen LogP contribution in [-0.4, -0.2) is 19.9 Å². The lowest BCUT2D eigenvalue weighted by Gasteiger charge is -2.07. The van der Waals surface area contributed by atoms with Crippen LogP contribution in [0.2, 0.25) is 0 Å². The first kappa shape index (κ1) is 13.6. The lowest BCUT2D eigenvalue weighted by atomic mass is 10.1. The average Bonchev–Trinajstić information content (AvgIpc) is 2.57. The first-order valence-corrected chi connectivity index (χ1v) is 6.41. The fraction of sp³-hybridized carbons (Fsp3) is 0. The normalized spacial score (nSPS) is 10.9. The highest BCUT2D eigenvalue weighted by Crippen LogP contribution is 2.29. The van der Waals surface area contributed by atoms with Crippen molar-refractivity contribution in [1.82, 2.24) is 19.9 Å². The van der Waals surface area contributed by atoms with E-state index in [0.717, 1.165) is 5.56 Å². The van der Waals surface area contributed by atoms with Crippen molar-refractivity contribution in [1.29, 1.82) is 0 Å². The van der Waals surface area contributed by atoms with Crippen LogP contribution in [0.1, 0.15) is 0 Å². The molecule has 0 saturated heterocycles. The predicted molar refractivity (Wildman–Crippen MR) is 82.5 cm³/mol. The van der Waals surface area contributed by atoms with Crippen molar-refractivity contribution in [3.63, 3.8) is 0 Å². The minimum absolute atomic E-state index is 0.0954. The standard InChI is InChI=1S/C14H12N8/c15-10-11(9-5-2-1-3-6-9)19-14(20-12(10)16)22-21-13-17-7-4-8-18-13/h1-8H,15H2,(H2,16,19,20). The third-order valence-corrected chi connectivity index (χ3v) is 2.79. The summed E-state index contributed by atoms with van der Waals surface area (Å²) in [4.78, 5) is 16.1. The molecule has 3 aromatic rings. The van der Waals surface area contributed by atoms with Crippen LogP contribution < -0.4 is 11.5 Å². The van der Waals surface area contributed by atoms with Crippen molar-refractivity contribution in [2.45, 2.75) is 0 Å². The summed E-state index contributed by atoms with van der Waals surface area (Å²) in [6.45, 7) is 0. The zero-order valence-electron chi connectivity index (χ0n) is 11.5. The van der Waals surface area contributed by atoms with Gasteiger partial charge in [-0.2, -0.15) is 4.98 Å². The maximum atomic E-state index is 5.94. The quantitative estimate of drug-likeness (QED) is 0.713. The molecule has 0 bridgehead atoms. The van der Waals surface area contributed by atoms with E-state index in [1.807, 2.05) is 30.3 Å². The molecule has 0 aliphatic rings. The summed E-state index contributed by atoms with van der Waals surface area (Å²) in [6.07, 6.45) is 3.13.